The quantitative estimate of drug-likeness (QED) is 0.841. The zero-order valence-electron chi connectivity index (χ0n) is 12.4. The van der Waals surface area contributed by atoms with Crippen molar-refractivity contribution in [1.29, 1.82) is 0 Å². The SMILES string of the molecule is CCc1nn(C)c(CC(CN)Cc2ccc(Br)cc2)c1Cl. The van der Waals surface area contributed by atoms with Crippen LogP contribution in [0.15, 0.2) is 28.7 Å². The highest BCUT2D eigenvalue weighted by Gasteiger charge is 2.17. The molecule has 3 nitrogen and oxygen atoms in total. The summed E-state index contributed by atoms with van der Waals surface area (Å²) in [6.07, 6.45) is 2.66. The molecule has 0 aliphatic heterocycles. The van der Waals surface area contributed by atoms with E-state index in [0.717, 1.165) is 40.1 Å². The van der Waals surface area contributed by atoms with Gasteiger partial charge < -0.3 is 5.73 Å². The van der Waals surface area contributed by atoms with Gasteiger partial charge in [0.25, 0.3) is 0 Å². The predicted octanol–water partition coefficient (Wildman–Crippen LogP) is 3.76. The van der Waals surface area contributed by atoms with Gasteiger partial charge in [-0.3, -0.25) is 4.68 Å². The molecule has 0 spiro atoms. The van der Waals surface area contributed by atoms with Gasteiger partial charge in [0.15, 0.2) is 0 Å². The van der Waals surface area contributed by atoms with E-state index >= 15 is 0 Å². The number of aromatic nitrogens is 2. The van der Waals surface area contributed by atoms with E-state index in [-0.39, 0.29) is 0 Å². The van der Waals surface area contributed by atoms with Gasteiger partial charge in [-0.05, 0) is 49.4 Å². The van der Waals surface area contributed by atoms with E-state index in [9.17, 15) is 0 Å². The molecule has 0 saturated carbocycles. The highest BCUT2D eigenvalue weighted by atomic mass is 79.9. The molecule has 0 saturated heterocycles. The highest BCUT2D eigenvalue weighted by molar-refractivity contribution is 9.10. The molecular weight excluding hydrogens is 350 g/mol. The Morgan fingerprint density at radius 1 is 1.29 bits per heavy atom. The van der Waals surface area contributed by atoms with Crippen molar-refractivity contribution in [3.8, 4) is 0 Å². The van der Waals surface area contributed by atoms with E-state index in [4.69, 9.17) is 17.3 Å². The van der Waals surface area contributed by atoms with Crippen molar-refractivity contribution in [3.63, 3.8) is 0 Å². The maximum atomic E-state index is 6.42. The van der Waals surface area contributed by atoms with Gasteiger partial charge >= 0.3 is 0 Å². The smallest absolute Gasteiger partial charge is 0.0849 e. The Morgan fingerprint density at radius 3 is 2.48 bits per heavy atom. The summed E-state index contributed by atoms with van der Waals surface area (Å²) in [6.45, 7) is 2.71. The first kappa shape index (κ1) is 16.5. The van der Waals surface area contributed by atoms with Gasteiger partial charge in [0.1, 0.15) is 0 Å². The Balaban J connectivity index is 2.12. The maximum Gasteiger partial charge on any atom is 0.0849 e. The van der Waals surface area contributed by atoms with Crippen LogP contribution < -0.4 is 5.73 Å². The van der Waals surface area contributed by atoms with Crippen LogP contribution in [0.3, 0.4) is 0 Å². The van der Waals surface area contributed by atoms with Crippen LogP contribution in [0.5, 0.6) is 0 Å². The third-order valence-electron chi connectivity index (χ3n) is 3.76. The molecule has 0 bridgehead atoms. The first-order chi connectivity index (χ1) is 10.0. The highest BCUT2D eigenvalue weighted by Crippen LogP contribution is 2.24. The summed E-state index contributed by atoms with van der Waals surface area (Å²) in [5.74, 6) is 0.365. The molecule has 0 aliphatic rings. The van der Waals surface area contributed by atoms with E-state index in [2.05, 4.69) is 52.2 Å². The summed E-state index contributed by atoms with van der Waals surface area (Å²) in [7, 11) is 1.95. The molecule has 1 aromatic carbocycles. The minimum absolute atomic E-state index is 0.365. The Kier molecular flexibility index (Phi) is 5.85. The second-order valence-corrected chi connectivity index (χ2v) is 6.61. The molecule has 21 heavy (non-hydrogen) atoms. The van der Waals surface area contributed by atoms with Crippen LogP contribution in [0.2, 0.25) is 5.02 Å². The second-order valence-electron chi connectivity index (χ2n) is 5.32. The number of benzene rings is 1. The van der Waals surface area contributed by atoms with Crippen LogP contribution in [-0.2, 0) is 26.3 Å². The summed E-state index contributed by atoms with van der Waals surface area (Å²) < 4.78 is 2.99. The van der Waals surface area contributed by atoms with Gasteiger partial charge in [0.2, 0.25) is 0 Å². The first-order valence-electron chi connectivity index (χ1n) is 7.19. The molecule has 1 aromatic heterocycles. The summed E-state index contributed by atoms with van der Waals surface area (Å²) in [6, 6.07) is 8.40. The maximum absolute atomic E-state index is 6.42. The molecule has 1 unspecified atom stereocenters. The number of nitrogens with two attached hydrogens (primary N) is 1. The largest absolute Gasteiger partial charge is 0.330 e. The average Bonchev–Trinajstić information content (AvgIpc) is 2.75. The molecule has 1 heterocycles. The number of aryl methyl sites for hydroxylation is 2. The lowest BCUT2D eigenvalue weighted by Gasteiger charge is -2.15. The topological polar surface area (TPSA) is 43.8 Å². The van der Waals surface area contributed by atoms with Crippen molar-refractivity contribution in [3.05, 3.63) is 50.7 Å². The Morgan fingerprint density at radius 2 is 1.95 bits per heavy atom. The Hall–Kier alpha value is -0.840. The minimum Gasteiger partial charge on any atom is -0.330 e. The van der Waals surface area contributed by atoms with Crippen LogP contribution in [0.25, 0.3) is 0 Å². The fraction of sp³-hybridized carbons (Fsp3) is 0.438. The zero-order chi connectivity index (χ0) is 15.4. The van der Waals surface area contributed by atoms with Gasteiger partial charge in [-0.2, -0.15) is 5.10 Å². The lowest BCUT2D eigenvalue weighted by atomic mass is 9.94. The van der Waals surface area contributed by atoms with E-state index in [0.29, 0.717) is 12.5 Å². The van der Waals surface area contributed by atoms with Crippen LogP contribution in [0.1, 0.15) is 23.9 Å². The molecule has 2 rings (SSSR count). The van der Waals surface area contributed by atoms with Gasteiger partial charge in [0.05, 0.1) is 16.4 Å². The number of halogens is 2. The van der Waals surface area contributed by atoms with Crippen molar-refractivity contribution < 1.29 is 0 Å². The molecule has 1 atom stereocenters. The third kappa shape index (κ3) is 4.09. The summed E-state index contributed by atoms with van der Waals surface area (Å²) >= 11 is 9.88. The summed E-state index contributed by atoms with van der Waals surface area (Å²) in [5.41, 5.74) is 9.30. The van der Waals surface area contributed by atoms with E-state index in [1.54, 1.807) is 0 Å². The number of hydrogen-bond donors (Lipinski definition) is 1. The molecule has 2 N–H and O–H groups in total. The van der Waals surface area contributed by atoms with Crippen LogP contribution >= 0.6 is 27.5 Å². The molecule has 2 aromatic rings. The van der Waals surface area contributed by atoms with E-state index < -0.39 is 0 Å². The van der Waals surface area contributed by atoms with Crippen molar-refractivity contribution in [2.75, 3.05) is 6.54 Å². The monoisotopic (exact) mass is 369 g/mol. The predicted molar refractivity (Wildman–Crippen MR) is 91.7 cm³/mol. The van der Waals surface area contributed by atoms with Crippen LogP contribution in [0, 0.1) is 5.92 Å². The molecule has 0 fully saturated rings. The summed E-state index contributed by atoms with van der Waals surface area (Å²) in [5, 5.41) is 5.27. The third-order valence-corrected chi connectivity index (χ3v) is 4.72. The number of rotatable bonds is 6. The molecule has 0 amide bonds. The van der Waals surface area contributed by atoms with Crippen molar-refractivity contribution >= 4 is 27.5 Å². The number of nitrogens with zero attached hydrogens (tertiary/aromatic N) is 2. The normalized spacial score (nSPS) is 12.6. The molecule has 0 radical (unpaired) electrons. The average molecular weight is 371 g/mol. The van der Waals surface area contributed by atoms with E-state index in [1.165, 1.54) is 5.56 Å². The van der Waals surface area contributed by atoms with Crippen molar-refractivity contribution in [1.82, 2.24) is 9.78 Å². The standard InChI is InChI=1S/C16H21BrClN3/c1-3-14-16(18)15(21(2)20-14)9-12(10-19)8-11-4-6-13(17)7-5-11/h4-7,12H,3,8-10,19H2,1-2H3. The fourth-order valence-electron chi connectivity index (χ4n) is 2.51. The minimum atomic E-state index is 0.365. The molecule has 114 valence electrons. The number of hydrogen-bond acceptors (Lipinski definition) is 2. The molecular formula is C16H21BrClN3. The van der Waals surface area contributed by atoms with Crippen molar-refractivity contribution in [2.45, 2.75) is 26.2 Å². The van der Waals surface area contributed by atoms with Gasteiger partial charge in [-0.25, -0.2) is 0 Å². The fourth-order valence-corrected chi connectivity index (χ4v) is 3.14. The Labute approximate surface area is 139 Å². The summed E-state index contributed by atoms with van der Waals surface area (Å²) in [4.78, 5) is 0. The molecule has 5 heteroatoms. The second kappa shape index (κ2) is 7.43. The van der Waals surface area contributed by atoms with Gasteiger partial charge in [0, 0.05) is 11.5 Å². The van der Waals surface area contributed by atoms with Gasteiger partial charge in [-0.1, -0.05) is 46.6 Å². The van der Waals surface area contributed by atoms with Crippen LogP contribution in [0.4, 0.5) is 0 Å². The van der Waals surface area contributed by atoms with Gasteiger partial charge in [-0.15, -0.1) is 0 Å². The molecule has 0 aliphatic carbocycles. The lowest BCUT2D eigenvalue weighted by molar-refractivity contribution is 0.510. The van der Waals surface area contributed by atoms with Crippen molar-refractivity contribution in [2.24, 2.45) is 18.7 Å². The van der Waals surface area contributed by atoms with Crippen LogP contribution in [-0.4, -0.2) is 16.3 Å². The Bertz CT molecular complexity index is 592. The zero-order valence-corrected chi connectivity index (χ0v) is 14.8. The van der Waals surface area contributed by atoms with E-state index in [1.807, 2.05) is 11.7 Å². The first-order valence-corrected chi connectivity index (χ1v) is 8.37. The lowest BCUT2D eigenvalue weighted by Crippen LogP contribution is -2.20.